The number of hydrogen-bond donors (Lipinski definition) is 2. The van der Waals surface area contributed by atoms with Crippen molar-refractivity contribution in [2.45, 2.75) is 43.7 Å². The van der Waals surface area contributed by atoms with Crippen molar-refractivity contribution in [3.8, 4) is 18.2 Å². The molecule has 1 fully saturated rings. The molecule has 11 heteroatoms. The Kier molecular flexibility index (Phi) is 10.3. The zero-order valence-electron chi connectivity index (χ0n) is 22.2. The molecule has 2 aliphatic rings. The van der Waals surface area contributed by atoms with Crippen molar-refractivity contribution in [2.24, 2.45) is 17.8 Å². The molecule has 1 aromatic rings. The number of aliphatic hydroxyl groups is 2. The normalized spacial score (nSPS) is 26.1. The Balaban J connectivity index is 1.74. The van der Waals surface area contributed by atoms with Crippen LogP contribution in [0.5, 0.6) is 0 Å². The van der Waals surface area contributed by atoms with Crippen LogP contribution >= 0.6 is 11.8 Å². The highest BCUT2D eigenvalue weighted by Gasteiger charge is 2.65. The highest BCUT2D eigenvalue weighted by molar-refractivity contribution is 8.04. The number of aliphatic hydroxyl groups excluding tert-OH is 2. The minimum Gasteiger partial charge on any atom is -0.478 e. The summed E-state index contributed by atoms with van der Waals surface area (Å²) in [6.45, 7) is 4.10. The Hall–Kier alpha value is -3.43. The molecule has 5 unspecified atom stereocenters. The summed E-state index contributed by atoms with van der Waals surface area (Å²) in [5.41, 5.74) is -1.42. The lowest BCUT2D eigenvalue weighted by molar-refractivity contribution is -0.262. The maximum Gasteiger partial charge on any atom is 0.428 e. The van der Waals surface area contributed by atoms with Gasteiger partial charge in [0.05, 0.1) is 19.3 Å². The summed E-state index contributed by atoms with van der Waals surface area (Å²) >= 11 is 1.45. The maximum absolute atomic E-state index is 14.1. The largest absolute Gasteiger partial charge is 0.478 e. The third-order valence-electron chi connectivity index (χ3n) is 7.40. The number of benzene rings is 1. The number of rotatable bonds is 10. The molecule has 0 bridgehead atoms. The standard InChI is InChI=1S/C29H31F3N4O3S/c1-3-36(12-13-37)22-7-4-19(5-8-22)6-11-26-20(18-38)14-23(40-26)9-10-25-24(17-35)27(21(15-33)16-34)39-28(25,2)29(30,31)32/h4-8,11,14,20,24-26,37-38H,3,9-10,12-13,18H2,1-2H3/b11-6+. The number of thioether (sulfide) groups is 1. The van der Waals surface area contributed by atoms with Crippen molar-refractivity contribution in [2.75, 3.05) is 31.2 Å². The quantitative estimate of drug-likeness (QED) is 0.361. The highest BCUT2D eigenvalue weighted by atomic mass is 32.2. The molecule has 2 heterocycles. The van der Waals surface area contributed by atoms with Crippen molar-refractivity contribution < 1.29 is 28.1 Å². The van der Waals surface area contributed by atoms with Crippen LogP contribution < -0.4 is 4.90 Å². The Morgan fingerprint density at radius 2 is 1.85 bits per heavy atom. The van der Waals surface area contributed by atoms with Crippen molar-refractivity contribution in [3.63, 3.8) is 0 Å². The van der Waals surface area contributed by atoms with Gasteiger partial charge in [-0.15, -0.1) is 11.8 Å². The van der Waals surface area contributed by atoms with Crippen molar-refractivity contribution in [3.05, 3.63) is 58.2 Å². The molecule has 40 heavy (non-hydrogen) atoms. The van der Waals surface area contributed by atoms with Gasteiger partial charge in [0.2, 0.25) is 5.60 Å². The Morgan fingerprint density at radius 3 is 2.38 bits per heavy atom. The van der Waals surface area contributed by atoms with Crippen LogP contribution in [0.4, 0.5) is 18.9 Å². The van der Waals surface area contributed by atoms with Crippen molar-refractivity contribution >= 4 is 23.5 Å². The van der Waals surface area contributed by atoms with Crippen LogP contribution in [0.25, 0.3) is 6.08 Å². The van der Waals surface area contributed by atoms with E-state index in [0.29, 0.717) is 6.54 Å². The van der Waals surface area contributed by atoms with Crippen LogP contribution in [0.3, 0.4) is 0 Å². The highest BCUT2D eigenvalue weighted by Crippen LogP contribution is 2.54. The van der Waals surface area contributed by atoms with Crippen LogP contribution in [-0.2, 0) is 4.74 Å². The molecule has 0 saturated carbocycles. The molecular formula is C29H31F3N4O3S. The second kappa shape index (κ2) is 13.3. The van der Waals surface area contributed by atoms with E-state index in [4.69, 9.17) is 4.74 Å². The summed E-state index contributed by atoms with van der Waals surface area (Å²) in [7, 11) is 0. The van der Waals surface area contributed by atoms with Crippen molar-refractivity contribution in [1.82, 2.24) is 0 Å². The van der Waals surface area contributed by atoms with Crippen LogP contribution in [0.1, 0.15) is 32.3 Å². The zero-order valence-corrected chi connectivity index (χ0v) is 23.0. The first-order valence-electron chi connectivity index (χ1n) is 12.9. The summed E-state index contributed by atoms with van der Waals surface area (Å²) in [6.07, 6.45) is 1.08. The summed E-state index contributed by atoms with van der Waals surface area (Å²) in [6, 6.07) is 12.7. The molecule has 0 radical (unpaired) electrons. The number of allylic oxidation sites excluding steroid dienone is 3. The van der Waals surface area contributed by atoms with Gasteiger partial charge in [-0.05, 0) is 49.3 Å². The fraction of sp³-hybridized carbons (Fsp3) is 0.483. The molecule has 7 nitrogen and oxygen atoms in total. The molecule has 0 amide bonds. The second-order valence-electron chi connectivity index (χ2n) is 9.74. The Morgan fingerprint density at radius 1 is 1.18 bits per heavy atom. The number of nitriles is 3. The Labute approximate surface area is 236 Å². The second-order valence-corrected chi connectivity index (χ2v) is 11.0. The number of hydrogen-bond acceptors (Lipinski definition) is 8. The third kappa shape index (κ3) is 6.47. The summed E-state index contributed by atoms with van der Waals surface area (Å²) in [4.78, 5) is 2.85. The number of anilines is 1. The van der Waals surface area contributed by atoms with Gasteiger partial charge in [-0.3, -0.25) is 0 Å². The van der Waals surface area contributed by atoms with Crippen molar-refractivity contribution in [1.29, 1.82) is 15.8 Å². The minimum atomic E-state index is -4.83. The van der Waals surface area contributed by atoms with E-state index in [1.54, 1.807) is 12.1 Å². The molecule has 0 aliphatic carbocycles. The summed E-state index contributed by atoms with van der Waals surface area (Å²) in [5, 5.41) is 47.1. The molecule has 3 rings (SSSR count). The molecule has 5 atom stereocenters. The van der Waals surface area contributed by atoms with E-state index in [-0.39, 0.29) is 37.2 Å². The van der Waals surface area contributed by atoms with Gasteiger partial charge in [0, 0.05) is 35.9 Å². The van der Waals surface area contributed by atoms with E-state index in [2.05, 4.69) is 4.90 Å². The molecule has 1 aromatic carbocycles. The first-order chi connectivity index (χ1) is 19.1. The lowest BCUT2D eigenvalue weighted by Gasteiger charge is -2.32. The maximum atomic E-state index is 14.1. The molecule has 2 N–H and O–H groups in total. The van der Waals surface area contributed by atoms with Gasteiger partial charge in [-0.1, -0.05) is 30.4 Å². The third-order valence-corrected chi connectivity index (χ3v) is 8.82. The molecular weight excluding hydrogens is 541 g/mol. The van der Waals surface area contributed by atoms with Gasteiger partial charge < -0.3 is 19.8 Å². The molecule has 0 spiro atoms. The lowest BCUT2D eigenvalue weighted by atomic mass is 9.78. The van der Waals surface area contributed by atoms with Crippen LogP contribution in [0.15, 0.2) is 52.7 Å². The van der Waals surface area contributed by atoms with E-state index in [0.717, 1.165) is 29.6 Å². The van der Waals surface area contributed by atoms with Gasteiger partial charge in [0.1, 0.15) is 23.8 Å². The van der Waals surface area contributed by atoms with Gasteiger partial charge >= 0.3 is 6.18 Å². The van der Waals surface area contributed by atoms with E-state index in [1.807, 2.05) is 55.5 Å². The van der Waals surface area contributed by atoms with Crippen LogP contribution in [-0.4, -0.2) is 53.5 Å². The number of nitrogens with zero attached hydrogens (tertiary/aromatic N) is 4. The van der Waals surface area contributed by atoms with Crippen LogP contribution in [0, 0.1) is 51.7 Å². The first-order valence-corrected chi connectivity index (χ1v) is 13.8. The summed E-state index contributed by atoms with van der Waals surface area (Å²) < 4.78 is 47.5. The smallest absolute Gasteiger partial charge is 0.428 e. The molecule has 1 saturated heterocycles. The topological polar surface area (TPSA) is 124 Å². The fourth-order valence-electron chi connectivity index (χ4n) is 5.08. The van der Waals surface area contributed by atoms with Gasteiger partial charge in [-0.2, -0.15) is 29.0 Å². The molecule has 212 valence electrons. The van der Waals surface area contributed by atoms with Gasteiger partial charge in [0.25, 0.3) is 0 Å². The van der Waals surface area contributed by atoms with E-state index in [9.17, 15) is 39.2 Å². The summed E-state index contributed by atoms with van der Waals surface area (Å²) in [5.74, 6) is -3.46. The van der Waals surface area contributed by atoms with Gasteiger partial charge in [0.15, 0.2) is 5.57 Å². The predicted molar refractivity (Wildman–Crippen MR) is 146 cm³/mol. The number of ether oxygens (including phenoxy) is 1. The number of likely N-dealkylation sites (N-methyl/N-ethyl adjacent to an activating group) is 1. The Bertz CT molecular complexity index is 1260. The monoisotopic (exact) mass is 572 g/mol. The predicted octanol–water partition coefficient (Wildman–Crippen LogP) is 5.31. The van der Waals surface area contributed by atoms with E-state index in [1.165, 1.54) is 11.8 Å². The minimum absolute atomic E-state index is 0.0570. The number of alkyl halides is 3. The SMILES string of the molecule is CCN(CCO)c1ccc(/C=C/C2SC(CCC3C(C#N)C(=C(C#N)C#N)OC3(C)C(F)(F)F)=CC2CO)cc1. The average Bonchev–Trinajstić information content (AvgIpc) is 3.48. The van der Waals surface area contributed by atoms with Crippen LogP contribution in [0.2, 0.25) is 0 Å². The average molecular weight is 573 g/mol. The first kappa shape index (κ1) is 31.1. The van der Waals surface area contributed by atoms with E-state index >= 15 is 0 Å². The van der Waals surface area contributed by atoms with Gasteiger partial charge in [-0.25, -0.2) is 0 Å². The lowest BCUT2D eigenvalue weighted by Crippen LogP contribution is -2.47. The molecule has 0 aromatic heterocycles. The molecule has 2 aliphatic heterocycles. The van der Waals surface area contributed by atoms with E-state index < -0.39 is 34.9 Å². The number of halogens is 3. The zero-order chi connectivity index (χ0) is 29.5. The fourth-order valence-corrected chi connectivity index (χ4v) is 6.41.